The zero-order valence-electron chi connectivity index (χ0n) is 19.8. The van der Waals surface area contributed by atoms with Crippen molar-refractivity contribution in [2.45, 2.75) is 38.1 Å². The molecule has 0 bridgehead atoms. The summed E-state index contributed by atoms with van der Waals surface area (Å²) < 4.78 is 10.4. The Morgan fingerprint density at radius 1 is 1.09 bits per heavy atom. The monoisotopic (exact) mass is 452 g/mol. The summed E-state index contributed by atoms with van der Waals surface area (Å²) in [5.41, 5.74) is 1.58. The molecule has 176 valence electrons. The number of aryl methyl sites for hydroxylation is 1. The van der Waals surface area contributed by atoms with E-state index in [4.69, 9.17) is 9.47 Å². The van der Waals surface area contributed by atoms with E-state index >= 15 is 0 Å². The zero-order chi connectivity index (χ0) is 24.0. The minimum atomic E-state index is -1.27. The van der Waals surface area contributed by atoms with Gasteiger partial charge in [-0.2, -0.15) is 0 Å². The van der Waals surface area contributed by atoms with Crippen LogP contribution < -0.4 is 4.74 Å². The van der Waals surface area contributed by atoms with Crippen LogP contribution in [0.5, 0.6) is 5.75 Å². The first kappa shape index (κ1) is 24.5. The number of carbonyl (C=O) groups excluding carboxylic acids is 3. The molecule has 1 aliphatic heterocycles. The van der Waals surface area contributed by atoms with Gasteiger partial charge in [0, 0.05) is 33.5 Å². The van der Waals surface area contributed by atoms with Crippen LogP contribution in [0, 0.1) is 0 Å². The second-order valence-electron chi connectivity index (χ2n) is 8.43. The number of nitrogens with zero attached hydrogens (tertiary/aromatic N) is 2. The highest BCUT2D eigenvalue weighted by atomic mass is 16.5. The maximum Gasteiger partial charge on any atom is 0.240 e. The molecule has 1 unspecified atom stereocenters. The van der Waals surface area contributed by atoms with Gasteiger partial charge in [0.25, 0.3) is 0 Å². The smallest absolute Gasteiger partial charge is 0.240 e. The Morgan fingerprint density at radius 3 is 2.42 bits per heavy atom. The molecule has 1 saturated heterocycles. The van der Waals surface area contributed by atoms with Crippen molar-refractivity contribution >= 4 is 17.7 Å². The third-order valence-corrected chi connectivity index (χ3v) is 6.28. The molecule has 3 amide bonds. The first-order chi connectivity index (χ1) is 15.8. The molecule has 0 N–H and O–H groups in total. The molecular weight excluding hydrogens is 420 g/mol. The van der Waals surface area contributed by atoms with Crippen LogP contribution in [-0.4, -0.2) is 61.9 Å². The lowest BCUT2D eigenvalue weighted by Gasteiger charge is -2.29. The van der Waals surface area contributed by atoms with Crippen LogP contribution in [-0.2, 0) is 37.5 Å². The fourth-order valence-electron chi connectivity index (χ4n) is 4.23. The fourth-order valence-corrected chi connectivity index (χ4v) is 4.23. The van der Waals surface area contributed by atoms with E-state index in [-0.39, 0.29) is 43.7 Å². The number of likely N-dealkylation sites (tertiary alicyclic amines) is 1. The molecule has 7 nitrogen and oxygen atoms in total. The highest BCUT2D eigenvalue weighted by molar-refractivity contribution is 6.10. The largest absolute Gasteiger partial charge is 0.497 e. The quantitative estimate of drug-likeness (QED) is 0.518. The van der Waals surface area contributed by atoms with Gasteiger partial charge in [-0.15, -0.1) is 0 Å². The summed E-state index contributed by atoms with van der Waals surface area (Å²) in [6.07, 6.45) is 0.791. The molecule has 7 heteroatoms. The van der Waals surface area contributed by atoms with Crippen LogP contribution in [0.1, 0.15) is 36.5 Å². The number of ether oxygens (including phenoxy) is 2. The topological polar surface area (TPSA) is 76.2 Å². The number of methoxy groups -OCH3 is 2. The molecule has 0 aliphatic carbocycles. The maximum absolute atomic E-state index is 13.6. The van der Waals surface area contributed by atoms with Crippen LogP contribution in [0.25, 0.3) is 0 Å². The average molecular weight is 453 g/mol. The lowest BCUT2D eigenvalue weighted by Crippen LogP contribution is -2.43. The second-order valence-corrected chi connectivity index (χ2v) is 8.43. The summed E-state index contributed by atoms with van der Waals surface area (Å²) in [5, 5.41) is 0. The zero-order valence-corrected chi connectivity index (χ0v) is 19.8. The number of hydrogen-bond acceptors (Lipinski definition) is 5. The van der Waals surface area contributed by atoms with Gasteiger partial charge >= 0.3 is 0 Å². The summed E-state index contributed by atoms with van der Waals surface area (Å²) in [5.74, 6) is -0.302. The minimum absolute atomic E-state index is 0.0620. The Balaban J connectivity index is 1.88. The second kappa shape index (κ2) is 10.6. The third-order valence-electron chi connectivity index (χ3n) is 6.28. The van der Waals surface area contributed by atoms with E-state index in [1.807, 2.05) is 12.1 Å². The van der Waals surface area contributed by atoms with E-state index in [0.29, 0.717) is 17.9 Å². The number of hydrogen-bond donors (Lipinski definition) is 0. The fraction of sp³-hybridized carbons (Fsp3) is 0.423. The van der Waals surface area contributed by atoms with Crippen LogP contribution in [0.15, 0.2) is 48.5 Å². The summed E-state index contributed by atoms with van der Waals surface area (Å²) in [6.45, 7) is 2.92. The van der Waals surface area contributed by atoms with Gasteiger partial charge in [0.2, 0.25) is 17.7 Å². The number of amides is 3. The van der Waals surface area contributed by atoms with Crippen molar-refractivity contribution in [1.82, 2.24) is 9.80 Å². The molecule has 2 aromatic carbocycles. The van der Waals surface area contributed by atoms with E-state index in [0.717, 1.165) is 12.0 Å². The number of imide groups is 1. The average Bonchev–Trinajstić information content (AvgIpc) is 3.07. The van der Waals surface area contributed by atoms with E-state index in [1.165, 1.54) is 17.6 Å². The molecule has 3 rings (SSSR count). The summed E-state index contributed by atoms with van der Waals surface area (Å²) in [4.78, 5) is 42.5. The molecule has 1 aliphatic rings. The molecule has 0 spiro atoms. The molecular formula is C26H32N2O5. The Kier molecular flexibility index (Phi) is 7.87. The minimum Gasteiger partial charge on any atom is -0.497 e. The number of benzene rings is 2. The normalized spacial score (nSPS) is 18.0. The van der Waals surface area contributed by atoms with Gasteiger partial charge < -0.3 is 14.4 Å². The summed E-state index contributed by atoms with van der Waals surface area (Å²) in [6, 6.07) is 15.2. The first-order valence-electron chi connectivity index (χ1n) is 11.1. The van der Waals surface area contributed by atoms with Crippen molar-refractivity contribution < 1.29 is 23.9 Å². The van der Waals surface area contributed by atoms with Crippen molar-refractivity contribution in [2.24, 2.45) is 0 Å². The van der Waals surface area contributed by atoms with Gasteiger partial charge in [0.1, 0.15) is 5.75 Å². The van der Waals surface area contributed by atoms with Crippen molar-refractivity contribution in [3.05, 3.63) is 65.2 Å². The first-order valence-corrected chi connectivity index (χ1v) is 11.1. The molecule has 2 aromatic rings. The van der Waals surface area contributed by atoms with Gasteiger partial charge in [-0.25, -0.2) is 0 Å². The van der Waals surface area contributed by atoms with Crippen LogP contribution in [0.3, 0.4) is 0 Å². The van der Waals surface area contributed by atoms with Gasteiger partial charge in [0.15, 0.2) is 0 Å². The summed E-state index contributed by atoms with van der Waals surface area (Å²) >= 11 is 0. The van der Waals surface area contributed by atoms with E-state index < -0.39 is 5.41 Å². The van der Waals surface area contributed by atoms with Gasteiger partial charge in [-0.05, 0) is 35.2 Å². The Bertz CT molecular complexity index is 1000. The van der Waals surface area contributed by atoms with Crippen LogP contribution in [0.4, 0.5) is 0 Å². The molecule has 1 fully saturated rings. The van der Waals surface area contributed by atoms with E-state index in [1.54, 1.807) is 43.3 Å². The van der Waals surface area contributed by atoms with E-state index in [2.05, 4.69) is 19.1 Å². The third kappa shape index (κ3) is 5.25. The van der Waals surface area contributed by atoms with Crippen LogP contribution >= 0.6 is 0 Å². The Hall–Kier alpha value is -3.19. The lowest BCUT2D eigenvalue weighted by atomic mass is 9.75. The highest BCUT2D eigenvalue weighted by Crippen LogP contribution is 2.41. The number of rotatable bonds is 10. The molecule has 0 saturated carbocycles. The van der Waals surface area contributed by atoms with Crippen molar-refractivity contribution in [3.8, 4) is 5.75 Å². The van der Waals surface area contributed by atoms with Crippen molar-refractivity contribution in [3.63, 3.8) is 0 Å². The maximum atomic E-state index is 13.6. The molecule has 0 radical (unpaired) electrons. The molecule has 0 aromatic heterocycles. The standard InChI is InChI=1S/C26H32N2O5/c1-5-19-9-11-20(12-10-19)18-27(2)23(29)16-26(21-7-6-8-22(15-21)33-4)17-24(30)28(25(26)31)13-14-32-3/h6-12,15H,5,13-14,16-18H2,1-4H3. The predicted molar refractivity (Wildman–Crippen MR) is 125 cm³/mol. The van der Waals surface area contributed by atoms with E-state index in [9.17, 15) is 14.4 Å². The van der Waals surface area contributed by atoms with Gasteiger partial charge in [-0.3, -0.25) is 19.3 Å². The lowest BCUT2D eigenvalue weighted by molar-refractivity contribution is -0.143. The Labute approximate surface area is 195 Å². The van der Waals surface area contributed by atoms with Crippen LogP contribution in [0.2, 0.25) is 0 Å². The molecule has 1 heterocycles. The highest BCUT2D eigenvalue weighted by Gasteiger charge is 2.54. The SMILES string of the molecule is CCc1ccc(CN(C)C(=O)CC2(c3cccc(OC)c3)CC(=O)N(CCOC)C2=O)cc1. The predicted octanol–water partition coefficient (Wildman–Crippen LogP) is 2.95. The molecule has 33 heavy (non-hydrogen) atoms. The van der Waals surface area contributed by atoms with Gasteiger partial charge in [0.05, 0.1) is 25.7 Å². The van der Waals surface area contributed by atoms with Crippen molar-refractivity contribution in [2.75, 3.05) is 34.4 Å². The van der Waals surface area contributed by atoms with Gasteiger partial charge in [-0.1, -0.05) is 43.3 Å². The molecule has 1 atom stereocenters. The van der Waals surface area contributed by atoms with Crippen molar-refractivity contribution in [1.29, 1.82) is 0 Å². The Morgan fingerprint density at radius 2 is 1.79 bits per heavy atom. The number of carbonyl (C=O) groups is 3. The summed E-state index contributed by atoms with van der Waals surface area (Å²) in [7, 11) is 4.78.